The molecule has 0 aliphatic rings. The number of aromatic nitrogens is 1. The molecular weight excluding hydrogens is 186 g/mol. The third-order valence-corrected chi connectivity index (χ3v) is 1.95. The van der Waals surface area contributed by atoms with Gasteiger partial charge in [-0.05, 0) is 51.3 Å². The second-order valence-corrected chi connectivity index (χ2v) is 3.74. The summed E-state index contributed by atoms with van der Waals surface area (Å²) in [6, 6.07) is 4.06. The first-order valence-electron chi connectivity index (χ1n) is 5.11. The van der Waals surface area contributed by atoms with Gasteiger partial charge in [0.2, 0.25) is 0 Å². The van der Waals surface area contributed by atoms with Gasteiger partial charge in [-0.1, -0.05) is 0 Å². The van der Waals surface area contributed by atoms with E-state index in [0.29, 0.717) is 0 Å². The molecule has 0 aliphatic heterocycles. The molecule has 80 valence electrons. The van der Waals surface area contributed by atoms with E-state index < -0.39 is 0 Å². The van der Waals surface area contributed by atoms with E-state index in [-0.39, 0.29) is 0 Å². The van der Waals surface area contributed by atoms with Crippen molar-refractivity contribution in [2.75, 3.05) is 0 Å². The molecule has 0 aromatic carbocycles. The average molecular weight is 203 g/mol. The first-order valence-corrected chi connectivity index (χ1v) is 5.11. The highest BCUT2D eigenvalue weighted by Crippen LogP contribution is 2.02. The molecule has 1 aromatic heterocycles. The molecule has 1 heterocycles. The number of nitrogens with zero attached hydrogens (tertiary/aromatic N) is 3. The van der Waals surface area contributed by atoms with Crippen LogP contribution in [0.2, 0.25) is 0 Å². The average Bonchev–Trinajstić information content (AvgIpc) is 2.25. The molecule has 0 saturated carbocycles. The molecule has 0 amide bonds. The summed E-state index contributed by atoms with van der Waals surface area (Å²) in [6.07, 6.45) is 5.57. The van der Waals surface area contributed by atoms with E-state index in [4.69, 9.17) is 0 Å². The molecule has 3 nitrogen and oxygen atoms in total. The van der Waals surface area contributed by atoms with Crippen molar-refractivity contribution in [3.63, 3.8) is 0 Å². The standard InChI is InChI=1S/C12H17N3/c1-10(2)14-15-11(3)4-5-12-6-8-13-9-7-12/h6-9H,4-5H2,1-3H3/b15-11+. The monoisotopic (exact) mass is 203 g/mol. The van der Waals surface area contributed by atoms with Gasteiger partial charge in [-0.25, -0.2) is 0 Å². The van der Waals surface area contributed by atoms with Gasteiger partial charge in [0.15, 0.2) is 0 Å². The Balaban J connectivity index is 2.44. The zero-order valence-corrected chi connectivity index (χ0v) is 9.57. The minimum absolute atomic E-state index is 0.945. The number of pyridine rings is 1. The summed E-state index contributed by atoms with van der Waals surface area (Å²) in [5.41, 5.74) is 3.34. The van der Waals surface area contributed by atoms with E-state index in [1.807, 2.05) is 45.3 Å². The summed E-state index contributed by atoms with van der Waals surface area (Å²) in [5.74, 6) is 0. The predicted octanol–water partition coefficient (Wildman–Crippen LogP) is 2.87. The lowest BCUT2D eigenvalue weighted by Crippen LogP contribution is -1.95. The van der Waals surface area contributed by atoms with Crippen molar-refractivity contribution in [3.05, 3.63) is 30.1 Å². The molecule has 1 aromatic rings. The van der Waals surface area contributed by atoms with Gasteiger partial charge in [-0.3, -0.25) is 4.98 Å². The number of rotatable bonds is 4. The molecular formula is C12H17N3. The van der Waals surface area contributed by atoms with E-state index >= 15 is 0 Å². The van der Waals surface area contributed by atoms with Crippen LogP contribution in [0.5, 0.6) is 0 Å². The van der Waals surface area contributed by atoms with Crippen LogP contribution in [0.3, 0.4) is 0 Å². The van der Waals surface area contributed by atoms with Crippen LogP contribution in [0.4, 0.5) is 0 Å². The number of hydrogen-bond acceptors (Lipinski definition) is 3. The van der Waals surface area contributed by atoms with Crippen LogP contribution in [0.1, 0.15) is 32.8 Å². The fourth-order valence-electron chi connectivity index (χ4n) is 1.11. The highest BCUT2D eigenvalue weighted by Gasteiger charge is 1.94. The number of hydrogen-bond donors (Lipinski definition) is 0. The van der Waals surface area contributed by atoms with Crippen LogP contribution < -0.4 is 0 Å². The molecule has 0 unspecified atom stereocenters. The minimum Gasteiger partial charge on any atom is -0.265 e. The van der Waals surface area contributed by atoms with Crippen LogP contribution in [-0.2, 0) is 6.42 Å². The smallest absolute Gasteiger partial charge is 0.0378 e. The van der Waals surface area contributed by atoms with Gasteiger partial charge in [0.1, 0.15) is 0 Å². The first kappa shape index (κ1) is 11.6. The highest BCUT2D eigenvalue weighted by atomic mass is 15.2. The Bertz CT molecular complexity index is 348. The van der Waals surface area contributed by atoms with Crippen molar-refractivity contribution in [2.45, 2.75) is 33.6 Å². The van der Waals surface area contributed by atoms with Gasteiger partial charge in [-0.15, -0.1) is 0 Å². The van der Waals surface area contributed by atoms with Crippen LogP contribution in [-0.4, -0.2) is 16.4 Å². The van der Waals surface area contributed by atoms with Gasteiger partial charge in [0.25, 0.3) is 0 Å². The molecule has 3 heteroatoms. The van der Waals surface area contributed by atoms with Crippen molar-refractivity contribution in [3.8, 4) is 0 Å². The summed E-state index contributed by atoms with van der Waals surface area (Å²) in [6.45, 7) is 5.90. The van der Waals surface area contributed by atoms with Crippen LogP contribution in [0.15, 0.2) is 34.7 Å². The summed E-state index contributed by atoms with van der Waals surface area (Å²) in [7, 11) is 0. The molecule has 0 aliphatic carbocycles. The van der Waals surface area contributed by atoms with Crippen LogP contribution >= 0.6 is 0 Å². The van der Waals surface area contributed by atoms with E-state index in [0.717, 1.165) is 24.3 Å². The molecule has 0 N–H and O–H groups in total. The lowest BCUT2D eigenvalue weighted by atomic mass is 10.1. The highest BCUT2D eigenvalue weighted by molar-refractivity contribution is 5.84. The molecule has 0 spiro atoms. The van der Waals surface area contributed by atoms with E-state index in [2.05, 4.69) is 15.2 Å². The Morgan fingerprint density at radius 3 is 2.40 bits per heavy atom. The maximum atomic E-state index is 4.13. The summed E-state index contributed by atoms with van der Waals surface area (Å²) in [4.78, 5) is 3.98. The third-order valence-electron chi connectivity index (χ3n) is 1.95. The molecule has 1 rings (SSSR count). The van der Waals surface area contributed by atoms with Gasteiger partial charge in [0.05, 0.1) is 0 Å². The quantitative estimate of drug-likeness (QED) is 0.547. The van der Waals surface area contributed by atoms with Crippen molar-refractivity contribution in [1.29, 1.82) is 0 Å². The zero-order valence-electron chi connectivity index (χ0n) is 9.57. The van der Waals surface area contributed by atoms with Gasteiger partial charge >= 0.3 is 0 Å². The fourth-order valence-corrected chi connectivity index (χ4v) is 1.11. The summed E-state index contributed by atoms with van der Waals surface area (Å²) < 4.78 is 0. The van der Waals surface area contributed by atoms with Gasteiger partial charge in [0, 0.05) is 23.8 Å². The zero-order chi connectivity index (χ0) is 11.1. The van der Waals surface area contributed by atoms with E-state index in [9.17, 15) is 0 Å². The fraction of sp³-hybridized carbons (Fsp3) is 0.417. The largest absolute Gasteiger partial charge is 0.265 e. The van der Waals surface area contributed by atoms with Crippen molar-refractivity contribution >= 4 is 11.4 Å². The summed E-state index contributed by atoms with van der Waals surface area (Å²) >= 11 is 0. The summed E-state index contributed by atoms with van der Waals surface area (Å²) in [5, 5.41) is 8.16. The lowest BCUT2D eigenvalue weighted by Gasteiger charge is -1.99. The SMILES string of the molecule is CC(C)=N/N=C(\C)CCc1ccncc1. The van der Waals surface area contributed by atoms with Gasteiger partial charge < -0.3 is 0 Å². The molecule has 0 fully saturated rings. The maximum absolute atomic E-state index is 4.13. The lowest BCUT2D eigenvalue weighted by molar-refractivity contribution is 1.01. The first-order chi connectivity index (χ1) is 7.18. The molecule has 0 radical (unpaired) electrons. The normalized spacial score (nSPS) is 11.3. The van der Waals surface area contributed by atoms with Crippen LogP contribution in [0, 0.1) is 0 Å². The Labute approximate surface area is 91.0 Å². The van der Waals surface area contributed by atoms with Gasteiger partial charge in [-0.2, -0.15) is 10.2 Å². The second-order valence-electron chi connectivity index (χ2n) is 3.74. The predicted molar refractivity (Wildman–Crippen MR) is 64.5 cm³/mol. The molecule has 15 heavy (non-hydrogen) atoms. The Morgan fingerprint density at radius 1 is 1.13 bits per heavy atom. The Hall–Kier alpha value is -1.51. The maximum Gasteiger partial charge on any atom is 0.0378 e. The molecule has 0 bridgehead atoms. The molecule has 0 saturated heterocycles. The van der Waals surface area contributed by atoms with Crippen molar-refractivity contribution in [1.82, 2.24) is 4.98 Å². The van der Waals surface area contributed by atoms with Crippen molar-refractivity contribution < 1.29 is 0 Å². The van der Waals surface area contributed by atoms with E-state index in [1.54, 1.807) is 0 Å². The van der Waals surface area contributed by atoms with Crippen molar-refractivity contribution in [2.24, 2.45) is 10.2 Å². The minimum atomic E-state index is 0.945. The Kier molecular flexibility index (Phi) is 4.68. The molecule has 0 atom stereocenters. The van der Waals surface area contributed by atoms with Crippen LogP contribution in [0.25, 0.3) is 0 Å². The topological polar surface area (TPSA) is 37.6 Å². The number of aryl methyl sites for hydroxylation is 1. The Morgan fingerprint density at radius 2 is 1.80 bits per heavy atom. The second kappa shape index (κ2) is 6.06. The third kappa shape index (κ3) is 5.05. The van der Waals surface area contributed by atoms with E-state index in [1.165, 1.54) is 5.56 Å².